The lowest BCUT2D eigenvalue weighted by Gasteiger charge is -2.12. The van der Waals surface area contributed by atoms with Gasteiger partial charge in [-0.1, -0.05) is 78.9 Å². The molecular weight excluding hydrogens is 512 g/mol. The van der Waals surface area contributed by atoms with Crippen molar-refractivity contribution < 1.29 is 0 Å². The van der Waals surface area contributed by atoms with Crippen LogP contribution in [0.1, 0.15) is 0 Å². The van der Waals surface area contributed by atoms with Crippen molar-refractivity contribution in [3.05, 3.63) is 156 Å². The minimum atomic E-state index is 0.622. The van der Waals surface area contributed by atoms with Gasteiger partial charge in [0.25, 0.3) is 0 Å². The predicted molar refractivity (Wildman–Crippen MR) is 173 cm³/mol. The van der Waals surface area contributed by atoms with E-state index in [0.717, 1.165) is 55.3 Å². The monoisotopic (exact) mass is 534 g/mol. The summed E-state index contributed by atoms with van der Waals surface area (Å²) in [5, 5.41) is 4.57. The number of fused-ring (bicyclic) bond motifs is 6. The van der Waals surface area contributed by atoms with Gasteiger partial charge in [-0.3, -0.25) is 0 Å². The number of hydrogen-bond acceptors (Lipinski definition) is 0. The zero-order valence-corrected chi connectivity index (χ0v) is 22.5. The lowest BCUT2D eigenvalue weighted by Crippen LogP contribution is -1.94. The van der Waals surface area contributed by atoms with Crippen LogP contribution in [0.4, 0.5) is 11.4 Å². The van der Waals surface area contributed by atoms with Crippen LogP contribution in [0.5, 0.6) is 0 Å². The van der Waals surface area contributed by atoms with Crippen LogP contribution in [0.2, 0.25) is 0 Å². The molecule has 0 amide bonds. The van der Waals surface area contributed by atoms with Crippen LogP contribution in [0.25, 0.3) is 75.8 Å². The normalized spacial score (nSPS) is 11.3. The number of hydrogen-bond donors (Lipinski definition) is 0. The molecule has 0 unspecified atom stereocenters. The summed E-state index contributed by atoms with van der Waals surface area (Å²) in [6, 6.07) is 45.8. The van der Waals surface area contributed by atoms with Crippen molar-refractivity contribution in [2.45, 2.75) is 0 Å². The van der Waals surface area contributed by atoms with Gasteiger partial charge in [0.2, 0.25) is 0 Å². The molecular formula is C38H22N4. The van der Waals surface area contributed by atoms with E-state index in [4.69, 9.17) is 13.1 Å². The Bertz CT molecular complexity index is 2440. The molecule has 8 rings (SSSR count). The summed E-state index contributed by atoms with van der Waals surface area (Å²) in [7, 11) is 0. The summed E-state index contributed by atoms with van der Waals surface area (Å²) in [6.07, 6.45) is 0. The van der Waals surface area contributed by atoms with E-state index in [1.54, 1.807) is 0 Å². The van der Waals surface area contributed by atoms with Gasteiger partial charge >= 0.3 is 0 Å². The highest BCUT2D eigenvalue weighted by atomic mass is 15.0. The Hall–Kier alpha value is -6.10. The van der Waals surface area contributed by atoms with Gasteiger partial charge < -0.3 is 9.13 Å². The molecule has 0 aliphatic heterocycles. The topological polar surface area (TPSA) is 18.6 Å². The molecule has 2 heterocycles. The molecule has 6 aromatic carbocycles. The Morgan fingerprint density at radius 3 is 1.83 bits per heavy atom. The second-order valence-electron chi connectivity index (χ2n) is 10.4. The minimum absolute atomic E-state index is 0.622. The smallest absolute Gasteiger partial charge is 0.189 e. The molecule has 0 saturated heterocycles. The Morgan fingerprint density at radius 1 is 0.429 bits per heavy atom. The number of rotatable bonds is 3. The van der Waals surface area contributed by atoms with Crippen molar-refractivity contribution in [2.75, 3.05) is 0 Å². The van der Waals surface area contributed by atoms with Gasteiger partial charge in [-0.05, 0) is 71.1 Å². The quantitative estimate of drug-likeness (QED) is 0.201. The van der Waals surface area contributed by atoms with Gasteiger partial charge in [-0.2, -0.15) is 0 Å². The van der Waals surface area contributed by atoms with E-state index < -0.39 is 0 Å². The molecule has 0 N–H and O–H groups in total. The molecule has 2 aromatic heterocycles. The standard InChI is InChI=1S/C38H22N4/c1-39-26-11-8-13-29(23-26)42-35-18-6-4-15-32(35)38-30(16-9-19-37(38)42)25-10-7-12-28(22-25)41-34-17-5-3-14-31(34)33-24-27(40-2)20-21-36(33)41/h3-24H. The zero-order valence-electron chi connectivity index (χ0n) is 22.5. The average Bonchev–Trinajstić information content (AvgIpc) is 3.57. The van der Waals surface area contributed by atoms with Crippen LogP contribution < -0.4 is 0 Å². The summed E-state index contributed by atoms with van der Waals surface area (Å²) >= 11 is 0. The highest BCUT2D eigenvalue weighted by Gasteiger charge is 2.17. The SMILES string of the molecule is [C-]#[N+]c1cccc(-n2c3ccccc3c3c(-c4cccc(-n5c6ccccc6c6cc([N+]#[C-])ccc65)c4)cccc32)c1. The number of benzene rings is 6. The second kappa shape index (κ2) is 9.24. The Balaban J connectivity index is 1.39. The van der Waals surface area contributed by atoms with Gasteiger partial charge in [0.05, 0.1) is 35.2 Å². The summed E-state index contributed by atoms with van der Waals surface area (Å²) < 4.78 is 4.55. The van der Waals surface area contributed by atoms with Gasteiger partial charge in [-0.25, -0.2) is 9.69 Å². The van der Waals surface area contributed by atoms with Crippen molar-refractivity contribution in [2.24, 2.45) is 0 Å². The molecule has 0 atom stereocenters. The molecule has 0 spiro atoms. The lowest BCUT2D eigenvalue weighted by molar-refractivity contribution is 1.18. The fourth-order valence-electron chi connectivity index (χ4n) is 6.36. The van der Waals surface area contributed by atoms with Crippen LogP contribution in [0.15, 0.2) is 133 Å². The van der Waals surface area contributed by atoms with Crippen LogP contribution in [0.3, 0.4) is 0 Å². The molecule has 0 fully saturated rings. The van der Waals surface area contributed by atoms with Gasteiger partial charge in [-0.15, -0.1) is 0 Å². The van der Waals surface area contributed by atoms with E-state index in [2.05, 4.69) is 122 Å². The first-order chi connectivity index (χ1) is 20.7. The number of para-hydroxylation sites is 2. The Morgan fingerprint density at radius 2 is 1.02 bits per heavy atom. The van der Waals surface area contributed by atoms with Crippen molar-refractivity contribution in [3.8, 4) is 22.5 Å². The summed E-state index contributed by atoms with van der Waals surface area (Å²) in [5.41, 5.74) is 9.99. The number of aromatic nitrogens is 2. The molecule has 0 bridgehead atoms. The molecule has 4 nitrogen and oxygen atoms in total. The fraction of sp³-hybridized carbons (Fsp3) is 0. The van der Waals surface area contributed by atoms with Crippen LogP contribution >= 0.6 is 0 Å². The summed E-state index contributed by atoms with van der Waals surface area (Å²) in [4.78, 5) is 7.35. The van der Waals surface area contributed by atoms with Gasteiger partial charge in [0, 0.05) is 27.5 Å². The molecule has 0 radical (unpaired) electrons. The maximum absolute atomic E-state index is 7.54. The summed E-state index contributed by atoms with van der Waals surface area (Å²) in [6.45, 7) is 15.1. The first-order valence-corrected chi connectivity index (χ1v) is 13.8. The van der Waals surface area contributed by atoms with E-state index in [0.29, 0.717) is 11.4 Å². The van der Waals surface area contributed by atoms with Crippen molar-refractivity contribution in [3.63, 3.8) is 0 Å². The largest absolute Gasteiger partial charge is 0.310 e. The zero-order chi connectivity index (χ0) is 28.2. The third kappa shape index (κ3) is 3.47. The van der Waals surface area contributed by atoms with Crippen LogP contribution in [-0.2, 0) is 0 Å². The van der Waals surface area contributed by atoms with Gasteiger partial charge in [0.1, 0.15) is 0 Å². The molecule has 0 saturated carbocycles. The molecule has 0 aliphatic rings. The predicted octanol–water partition coefficient (Wildman–Crippen LogP) is 10.6. The summed E-state index contributed by atoms with van der Waals surface area (Å²) in [5.74, 6) is 0. The third-order valence-corrected chi connectivity index (χ3v) is 8.12. The average molecular weight is 535 g/mol. The molecule has 194 valence electrons. The Kier molecular flexibility index (Phi) is 5.22. The Labute approximate surface area is 242 Å². The highest BCUT2D eigenvalue weighted by Crippen LogP contribution is 2.40. The molecule has 8 aromatic rings. The highest BCUT2D eigenvalue weighted by molar-refractivity contribution is 6.16. The molecule has 0 aliphatic carbocycles. The van der Waals surface area contributed by atoms with E-state index in [1.165, 1.54) is 10.8 Å². The lowest BCUT2D eigenvalue weighted by atomic mass is 9.99. The van der Waals surface area contributed by atoms with Crippen LogP contribution in [0, 0.1) is 13.1 Å². The third-order valence-electron chi connectivity index (χ3n) is 8.12. The van der Waals surface area contributed by atoms with Crippen molar-refractivity contribution in [1.82, 2.24) is 9.13 Å². The first-order valence-electron chi connectivity index (χ1n) is 13.8. The van der Waals surface area contributed by atoms with Crippen LogP contribution in [-0.4, -0.2) is 9.13 Å². The van der Waals surface area contributed by atoms with E-state index in [1.807, 2.05) is 30.3 Å². The van der Waals surface area contributed by atoms with Crippen molar-refractivity contribution in [1.29, 1.82) is 0 Å². The van der Waals surface area contributed by atoms with Crippen molar-refractivity contribution >= 4 is 55.0 Å². The molecule has 4 heteroatoms. The maximum Gasteiger partial charge on any atom is 0.189 e. The number of nitrogens with zero attached hydrogens (tertiary/aromatic N) is 4. The van der Waals surface area contributed by atoms with E-state index in [9.17, 15) is 0 Å². The minimum Gasteiger partial charge on any atom is -0.310 e. The maximum atomic E-state index is 7.54. The van der Waals surface area contributed by atoms with Gasteiger partial charge in [0.15, 0.2) is 11.4 Å². The fourth-order valence-corrected chi connectivity index (χ4v) is 6.36. The first kappa shape index (κ1) is 23.8. The molecule has 42 heavy (non-hydrogen) atoms. The second-order valence-corrected chi connectivity index (χ2v) is 10.4. The van der Waals surface area contributed by atoms with E-state index in [-0.39, 0.29) is 0 Å². The van der Waals surface area contributed by atoms with E-state index >= 15 is 0 Å².